The summed E-state index contributed by atoms with van der Waals surface area (Å²) in [4.78, 5) is 26.3. The van der Waals surface area contributed by atoms with Gasteiger partial charge in [0, 0.05) is 0 Å². The first-order chi connectivity index (χ1) is 14.6. The van der Waals surface area contributed by atoms with Gasteiger partial charge in [-0.25, -0.2) is 9.13 Å². The van der Waals surface area contributed by atoms with Gasteiger partial charge in [-0.1, -0.05) is 46.6 Å². The summed E-state index contributed by atoms with van der Waals surface area (Å²) >= 11 is 0. The van der Waals surface area contributed by atoms with Gasteiger partial charge >= 0.3 is 15.6 Å². The Labute approximate surface area is 191 Å². The van der Waals surface area contributed by atoms with Crippen molar-refractivity contribution in [3.8, 4) is 0 Å². The largest absolute Gasteiger partial charge is 0.481 e. The van der Waals surface area contributed by atoms with Crippen molar-refractivity contribution in [3.63, 3.8) is 0 Å². The highest BCUT2D eigenvalue weighted by Gasteiger charge is 2.46. The van der Waals surface area contributed by atoms with Crippen LogP contribution in [0.2, 0.25) is 0 Å². The molecule has 2 atom stereocenters. The zero-order chi connectivity index (χ0) is 24.6. The van der Waals surface area contributed by atoms with Crippen molar-refractivity contribution in [1.82, 2.24) is 0 Å². The number of epoxide rings is 1. The zero-order valence-electron chi connectivity index (χ0n) is 19.9. The molecule has 3 N–H and O–H groups in total. The molecular weight excluding hydrogens is 454 g/mol. The van der Waals surface area contributed by atoms with Gasteiger partial charge in [-0.15, -0.1) is 0 Å². The molecule has 8 nitrogen and oxygen atoms in total. The minimum absolute atomic E-state index is 0.0570. The van der Waals surface area contributed by atoms with E-state index in [-0.39, 0.29) is 12.2 Å². The van der Waals surface area contributed by atoms with E-state index in [0.717, 1.165) is 31.3 Å². The lowest BCUT2D eigenvalue weighted by Gasteiger charge is -2.11. The number of allylic oxidation sites excluding steroid dienone is 7. The number of hydrogen-bond acceptors (Lipinski definition) is 5. The predicted molar refractivity (Wildman–Crippen MR) is 126 cm³/mol. The molecule has 32 heavy (non-hydrogen) atoms. The van der Waals surface area contributed by atoms with Crippen LogP contribution in [0.5, 0.6) is 0 Å². The summed E-state index contributed by atoms with van der Waals surface area (Å²) in [5.41, 5.74) is 4.84. The number of ether oxygens (including phenoxy) is 1. The van der Waals surface area contributed by atoms with Gasteiger partial charge < -0.3 is 19.4 Å². The smallest absolute Gasteiger partial charge is 0.367 e. The van der Waals surface area contributed by atoms with Crippen LogP contribution >= 0.6 is 15.6 Å². The summed E-state index contributed by atoms with van der Waals surface area (Å²) < 4.78 is 35.9. The molecule has 0 amide bonds. The average Bonchev–Trinajstić information content (AvgIpc) is 3.25. The first-order valence-electron chi connectivity index (χ1n) is 10.6. The van der Waals surface area contributed by atoms with E-state index in [1.165, 1.54) is 16.7 Å². The Morgan fingerprint density at radius 2 is 1.31 bits per heavy atom. The standard InChI is InChI=1S/C22H38O8P2/c1-17(9-10-19(3)13-14-21-22(5,6)29-21)7-8-18(2)11-12-20(4)15-16-28-32(26,27)30-31(23,24)25/h7,10-11,15,21H,8-9,12-14,16H2,1-6H3,(H,26,27)(H2,23,24,25)/b17-7+,18-11+,19-10+,20-15+. The van der Waals surface area contributed by atoms with Crippen LogP contribution in [0.15, 0.2) is 46.6 Å². The molecule has 2 unspecified atom stereocenters. The minimum atomic E-state index is -5.10. The molecule has 0 radical (unpaired) electrons. The van der Waals surface area contributed by atoms with E-state index >= 15 is 0 Å². The second-order valence-corrected chi connectivity index (χ2v) is 11.7. The molecule has 0 bridgehead atoms. The minimum Gasteiger partial charge on any atom is -0.367 e. The molecule has 0 aromatic carbocycles. The molecule has 1 heterocycles. The number of phosphoric ester groups is 1. The number of hydrogen-bond donors (Lipinski definition) is 3. The molecular formula is C22H38O8P2. The number of rotatable bonds is 14. The van der Waals surface area contributed by atoms with Crippen LogP contribution in [0.3, 0.4) is 0 Å². The molecule has 1 fully saturated rings. The van der Waals surface area contributed by atoms with E-state index in [1.54, 1.807) is 6.08 Å². The lowest BCUT2D eigenvalue weighted by molar-refractivity contribution is 0.191. The molecule has 1 aliphatic heterocycles. The van der Waals surface area contributed by atoms with Gasteiger partial charge in [0.15, 0.2) is 0 Å². The van der Waals surface area contributed by atoms with E-state index in [9.17, 15) is 14.0 Å². The van der Waals surface area contributed by atoms with Crippen molar-refractivity contribution >= 4 is 15.6 Å². The molecule has 0 aromatic heterocycles. The van der Waals surface area contributed by atoms with Crippen LogP contribution in [-0.2, 0) is 22.7 Å². The monoisotopic (exact) mass is 492 g/mol. The van der Waals surface area contributed by atoms with Gasteiger partial charge in [-0.3, -0.25) is 4.52 Å². The van der Waals surface area contributed by atoms with Crippen LogP contribution in [-0.4, -0.2) is 33.0 Å². The topological polar surface area (TPSA) is 126 Å². The first-order valence-corrected chi connectivity index (χ1v) is 13.7. The van der Waals surface area contributed by atoms with E-state index < -0.39 is 15.6 Å². The Morgan fingerprint density at radius 3 is 1.75 bits per heavy atom. The quantitative estimate of drug-likeness (QED) is 0.150. The van der Waals surface area contributed by atoms with Crippen LogP contribution in [0.25, 0.3) is 0 Å². The Bertz CT molecular complexity index is 848. The van der Waals surface area contributed by atoms with Gasteiger partial charge in [0.25, 0.3) is 0 Å². The summed E-state index contributed by atoms with van der Waals surface area (Å²) in [6, 6.07) is 0. The fraction of sp³-hybridized carbons (Fsp3) is 0.636. The van der Waals surface area contributed by atoms with Gasteiger partial charge in [0.1, 0.15) is 0 Å². The lowest BCUT2D eigenvalue weighted by Crippen LogP contribution is -2.02. The summed E-state index contributed by atoms with van der Waals surface area (Å²) in [5, 5.41) is 0. The highest BCUT2D eigenvalue weighted by atomic mass is 31.3. The van der Waals surface area contributed by atoms with Crippen LogP contribution in [0, 0.1) is 0 Å². The van der Waals surface area contributed by atoms with Crippen molar-refractivity contribution < 1.29 is 37.4 Å². The molecule has 10 heteroatoms. The third-order valence-corrected chi connectivity index (χ3v) is 7.31. The Morgan fingerprint density at radius 1 is 0.875 bits per heavy atom. The maximum atomic E-state index is 11.4. The highest BCUT2D eigenvalue weighted by Crippen LogP contribution is 2.57. The summed E-state index contributed by atoms with van der Waals surface area (Å²) in [6.45, 7) is 12.1. The van der Waals surface area contributed by atoms with Crippen molar-refractivity contribution in [2.45, 2.75) is 85.4 Å². The third-order valence-electron chi connectivity index (χ3n) is 5.16. The maximum Gasteiger partial charge on any atom is 0.481 e. The van der Waals surface area contributed by atoms with Crippen LogP contribution < -0.4 is 0 Å². The van der Waals surface area contributed by atoms with Gasteiger partial charge in [-0.05, 0) is 73.6 Å². The van der Waals surface area contributed by atoms with E-state index in [4.69, 9.17) is 14.5 Å². The fourth-order valence-corrected chi connectivity index (χ4v) is 4.41. The molecule has 0 saturated carbocycles. The maximum absolute atomic E-state index is 11.4. The average molecular weight is 492 g/mol. The summed E-state index contributed by atoms with van der Waals surface area (Å²) in [5.74, 6) is 0. The summed E-state index contributed by atoms with van der Waals surface area (Å²) in [6.07, 6.45) is 13.1. The van der Waals surface area contributed by atoms with E-state index in [0.29, 0.717) is 12.5 Å². The van der Waals surface area contributed by atoms with Crippen LogP contribution in [0.4, 0.5) is 0 Å². The lowest BCUT2D eigenvalue weighted by atomic mass is 10.0. The zero-order valence-corrected chi connectivity index (χ0v) is 21.7. The van der Waals surface area contributed by atoms with E-state index in [1.807, 2.05) is 13.8 Å². The molecule has 0 spiro atoms. The molecule has 0 aromatic rings. The first kappa shape index (κ1) is 29.2. The fourth-order valence-electron chi connectivity index (χ4n) is 2.89. The SMILES string of the molecule is C/C(=C\COP(=O)(O)OP(=O)(O)O)C/C=C(\C)C/C=C(\C)C/C=C(\C)CCC1OC1(C)C. The van der Waals surface area contributed by atoms with Gasteiger partial charge in [0.2, 0.25) is 0 Å². The van der Waals surface area contributed by atoms with Gasteiger partial charge in [-0.2, -0.15) is 4.31 Å². The highest BCUT2D eigenvalue weighted by molar-refractivity contribution is 7.60. The molecule has 1 rings (SSSR count). The Kier molecular flexibility index (Phi) is 11.5. The molecule has 1 saturated heterocycles. The molecule has 184 valence electrons. The van der Waals surface area contributed by atoms with E-state index in [2.05, 4.69) is 54.8 Å². The van der Waals surface area contributed by atoms with Crippen molar-refractivity contribution in [2.24, 2.45) is 0 Å². The second kappa shape index (κ2) is 12.6. The Hall–Kier alpha value is -0.820. The van der Waals surface area contributed by atoms with Crippen molar-refractivity contribution in [2.75, 3.05) is 6.61 Å². The molecule has 0 aliphatic carbocycles. The Balaban J connectivity index is 2.36. The number of phosphoric acid groups is 2. The van der Waals surface area contributed by atoms with Crippen molar-refractivity contribution in [1.29, 1.82) is 0 Å². The molecule has 1 aliphatic rings. The predicted octanol–water partition coefficient (Wildman–Crippen LogP) is 6.13. The van der Waals surface area contributed by atoms with Crippen LogP contribution in [0.1, 0.15) is 73.6 Å². The second-order valence-electron chi connectivity index (χ2n) is 8.90. The van der Waals surface area contributed by atoms with Gasteiger partial charge in [0.05, 0.1) is 18.3 Å². The third kappa shape index (κ3) is 13.7. The summed E-state index contributed by atoms with van der Waals surface area (Å²) in [7, 11) is -9.89. The van der Waals surface area contributed by atoms with Crippen molar-refractivity contribution in [3.05, 3.63) is 46.6 Å². The normalized spacial score (nSPS) is 22.1.